The molecule has 0 aliphatic carbocycles. The molecule has 4 heteroatoms. The number of hydrogen-bond acceptors (Lipinski definition) is 0. The average molecular weight is 194 g/mol. The van der Waals surface area contributed by atoms with Gasteiger partial charge in [-0.1, -0.05) is 12.2 Å². The predicted molar refractivity (Wildman–Crippen MR) is 48.3 cm³/mol. The quantitative estimate of drug-likeness (QED) is 0.477. The van der Waals surface area contributed by atoms with E-state index in [1.54, 1.807) is 6.92 Å². The van der Waals surface area contributed by atoms with Crippen molar-refractivity contribution in [2.45, 2.75) is 25.3 Å². The molecular formula is C8H13F3Si. The Hall–Kier alpha value is -0.513. The zero-order valence-electron chi connectivity index (χ0n) is 7.44. The maximum Gasteiger partial charge on any atom is 0.301 e. The van der Waals surface area contributed by atoms with E-state index >= 15 is 0 Å². The summed E-state index contributed by atoms with van der Waals surface area (Å²) in [5.41, 5.74) is -0.960. The molecule has 0 aromatic heterocycles. The molecule has 0 saturated heterocycles. The Morgan fingerprint density at radius 2 is 1.92 bits per heavy atom. The molecule has 0 aromatic carbocycles. The van der Waals surface area contributed by atoms with Crippen molar-refractivity contribution in [3.8, 4) is 0 Å². The zero-order chi connectivity index (χ0) is 9.78. The van der Waals surface area contributed by atoms with E-state index in [-0.39, 0.29) is 10.2 Å². The van der Waals surface area contributed by atoms with E-state index in [0.29, 0.717) is 0 Å². The monoisotopic (exact) mass is 194 g/mol. The van der Waals surface area contributed by atoms with E-state index in [2.05, 4.69) is 0 Å². The van der Waals surface area contributed by atoms with Crippen LogP contribution in [0.1, 0.15) is 13.8 Å². The van der Waals surface area contributed by atoms with Crippen molar-refractivity contribution in [1.82, 2.24) is 0 Å². The van der Waals surface area contributed by atoms with Crippen LogP contribution in [0.5, 0.6) is 0 Å². The Bertz CT molecular complexity index is 196. The number of hydrogen-bond donors (Lipinski definition) is 0. The summed E-state index contributed by atoms with van der Waals surface area (Å²) < 4.78 is 38.5. The van der Waals surface area contributed by atoms with Gasteiger partial charge in [0.05, 0.1) is 0 Å². The van der Waals surface area contributed by atoms with Gasteiger partial charge in [-0.3, -0.25) is 0 Å². The highest BCUT2D eigenvalue weighted by Gasteiger charge is 2.39. The van der Waals surface area contributed by atoms with Gasteiger partial charge in [-0.05, 0) is 19.9 Å². The van der Waals surface area contributed by atoms with Crippen LogP contribution >= 0.6 is 0 Å². The molecule has 0 amide bonds. The van der Waals surface area contributed by atoms with E-state index in [4.69, 9.17) is 0 Å². The van der Waals surface area contributed by atoms with Gasteiger partial charge in [-0.2, -0.15) is 8.78 Å². The molecule has 0 spiro atoms. The molecule has 1 unspecified atom stereocenters. The minimum absolute atomic E-state index is 0.242. The highest BCUT2D eigenvalue weighted by molar-refractivity contribution is 6.13. The normalized spacial score (nSPS) is 17.2. The van der Waals surface area contributed by atoms with Crippen molar-refractivity contribution in [1.29, 1.82) is 0 Å². The molecular weight excluding hydrogens is 181 g/mol. The minimum atomic E-state index is -3.31. The number of alkyl halides is 2. The van der Waals surface area contributed by atoms with Crippen LogP contribution in [0.4, 0.5) is 13.2 Å². The molecule has 0 radical (unpaired) electrons. The molecule has 1 atom stereocenters. The van der Waals surface area contributed by atoms with Crippen molar-refractivity contribution in [3.05, 3.63) is 24.1 Å². The van der Waals surface area contributed by atoms with Gasteiger partial charge in [0, 0.05) is 15.8 Å². The summed E-state index contributed by atoms with van der Waals surface area (Å²) in [4.78, 5) is 0. The maximum atomic E-state index is 12.9. The van der Waals surface area contributed by atoms with Gasteiger partial charge >= 0.3 is 5.92 Å². The van der Waals surface area contributed by atoms with E-state index in [1.807, 2.05) is 0 Å². The summed E-state index contributed by atoms with van der Waals surface area (Å²) >= 11 is 0. The van der Waals surface area contributed by atoms with Crippen molar-refractivity contribution in [3.63, 3.8) is 0 Å². The van der Waals surface area contributed by atoms with Crippen LogP contribution in [-0.4, -0.2) is 16.2 Å². The summed E-state index contributed by atoms with van der Waals surface area (Å²) in [6.07, 6.45) is 3.68. The Morgan fingerprint density at radius 3 is 2.25 bits per heavy atom. The van der Waals surface area contributed by atoms with Gasteiger partial charge < -0.3 is 0 Å². The largest absolute Gasteiger partial charge is 0.301 e. The molecule has 0 aliphatic rings. The first-order valence-corrected chi connectivity index (χ1v) is 4.95. The van der Waals surface area contributed by atoms with Gasteiger partial charge in [0.25, 0.3) is 0 Å². The number of allylic oxidation sites excluding steroid dienone is 4. The van der Waals surface area contributed by atoms with E-state index in [0.717, 1.165) is 6.08 Å². The van der Waals surface area contributed by atoms with Gasteiger partial charge in [0.15, 0.2) is 5.83 Å². The van der Waals surface area contributed by atoms with Gasteiger partial charge in [0.1, 0.15) is 0 Å². The SMILES string of the molecule is CC=CC([SiH3])C(F)(F)C(F)=CC. The summed E-state index contributed by atoms with van der Waals surface area (Å²) in [5, 5.41) is 0. The fraction of sp³-hybridized carbons (Fsp3) is 0.500. The topological polar surface area (TPSA) is 0 Å². The fourth-order valence-electron chi connectivity index (χ4n) is 0.819. The zero-order valence-corrected chi connectivity index (χ0v) is 9.44. The van der Waals surface area contributed by atoms with Crippen molar-refractivity contribution < 1.29 is 13.2 Å². The molecule has 0 heterocycles. The highest BCUT2D eigenvalue weighted by Crippen LogP contribution is 2.36. The van der Waals surface area contributed by atoms with Crippen LogP contribution < -0.4 is 0 Å². The van der Waals surface area contributed by atoms with Crippen LogP contribution in [0.3, 0.4) is 0 Å². The first-order valence-electron chi connectivity index (χ1n) is 3.79. The van der Waals surface area contributed by atoms with Crippen molar-refractivity contribution in [2.75, 3.05) is 0 Å². The number of halogens is 3. The summed E-state index contributed by atoms with van der Waals surface area (Å²) in [7, 11) is 0.242. The second-order valence-corrected chi connectivity index (χ2v) is 3.82. The molecule has 0 fully saturated rings. The highest BCUT2D eigenvalue weighted by atomic mass is 28.1. The Labute approximate surface area is 73.6 Å². The summed E-state index contributed by atoms with van der Waals surface area (Å²) in [6, 6.07) is 0. The predicted octanol–water partition coefficient (Wildman–Crippen LogP) is 2.23. The smallest absolute Gasteiger partial charge is 0.206 e. The van der Waals surface area contributed by atoms with Crippen LogP contribution in [0.15, 0.2) is 24.1 Å². The average Bonchev–Trinajstić information content (AvgIpc) is 2.03. The lowest BCUT2D eigenvalue weighted by Crippen LogP contribution is -2.23. The standard InChI is InChI=1S/C8H13F3Si/c1-3-5-7(12)8(10,11)6(9)4-2/h3-5,7H,1-2,12H3. The Kier molecular flexibility index (Phi) is 4.30. The third-order valence-electron chi connectivity index (χ3n) is 1.62. The lowest BCUT2D eigenvalue weighted by Gasteiger charge is -2.18. The lowest BCUT2D eigenvalue weighted by molar-refractivity contribution is 0.0222. The molecule has 0 aromatic rings. The minimum Gasteiger partial charge on any atom is -0.206 e. The third-order valence-corrected chi connectivity index (χ3v) is 2.73. The van der Waals surface area contributed by atoms with E-state index in [9.17, 15) is 13.2 Å². The summed E-state index contributed by atoms with van der Waals surface area (Å²) in [5.74, 6) is -4.64. The molecule has 0 aliphatic heterocycles. The Balaban J connectivity index is 4.60. The van der Waals surface area contributed by atoms with Crippen LogP contribution in [0, 0.1) is 0 Å². The second kappa shape index (κ2) is 4.50. The van der Waals surface area contributed by atoms with Crippen LogP contribution in [-0.2, 0) is 0 Å². The molecule has 0 saturated carbocycles. The van der Waals surface area contributed by atoms with Crippen LogP contribution in [0.2, 0.25) is 5.54 Å². The fourth-order valence-corrected chi connectivity index (χ4v) is 1.48. The summed E-state index contributed by atoms with van der Waals surface area (Å²) in [6.45, 7) is 2.92. The molecule has 0 rings (SSSR count). The van der Waals surface area contributed by atoms with Gasteiger partial charge in [-0.25, -0.2) is 4.39 Å². The lowest BCUT2D eigenvalue weighted by atomic mass is 10.2. The first kappa shape index (κ1) is 11.5. The Morgan fingerprint density at radius 1 is 1.42 bits per heavy atom. The third kappa shape index (κ3) is 2.51. The molecule has 0 nitrogen and oxygen atoms in total. The molecule has 12 heavy (non-hydrogen) atoms. The number of rotatable bonds is 3. The second-order valence-electron chi connectivity index (χ2n) is 2.57. The molecule has 0 N–H and O–H groups in total. The van der Waals surface area contributed by atoms with Crippen molar-refractivity contribution >= 4 is 10.2 Å². The van der Waals surface area contributed by atoms with E-state index < -0.39 is 17.3 Å². The van der Waals surface area contributed by atoms with E-state index in [1.165, 1.54) is 19.1 Å². The maximum absolute atomic E-state index is 12.9. The molecule has 70 valence electrons. The van der Waals surface area contributed by atoms with Gasteiger partial charge in [0.2, 0.25) is 0 Å². The van der Waals surface area contributed by atoms with Gasteiger partial charge in [-0.15, -0.1) is 0 Å². The van der Waals surface area contributed by atoms with Crippen molar-refractivity contribution in [2.24, 2.45) is 0 Å². The van der Waals surface area contributed by atoms with Crippen LogP contribution in [0.25, 0.3) is 0 Å². The molecule has 0 bridgehead atoms. The first-order chi connectivity index (χ1) is 5.46.